The van der Waals surface area contributed by atoms with E-state index in [4.69, 9.17) is 9.47 Å². The topological polar surface area (TPSA) is 59.9 Å². The minimum Gasteiger partial charge on any atom is -0.493 e. The highest BCUT2D eigenvalue weighted by molar-refractivity contribution is 5.88. The van der Waals surface area contributed by atoms with Gasteiger partial charge in [0.2, 0.25) is 0 Å². The van der Waals surface area contributed by atoms with Crippen LogP contribution in [0.3, 0.4) is 0 Å². The Balaban J connectivity index is 1.83. The number of carbonyl (C=O) groups excluding carboxylic acids is 1. The number of benzene rings is 1. The highest BCUT2D eigenvalue weighted by Crippen LogP contribution is 2.25. The van der Waals surface area contributed by atoms with E-state index in [9.17, 15) is 4.79 Å². The Morgan fingerprint density at radius 2 is 2.10 bits per heavy atom. The minimum absolute atomic E-state index is 0.0778. The average molecular weight is 290 g/mol. The SMILES string of the molecule is COc1ccccc1OCC(=O)N/N=C1/CCCC[C@@H]1C. The van der Waals surface area contributed by atoms with Crippen LogP contribution in [0.4, 0.5) is 0 Å². The van der Waals surface area contributed by atoms with Gasteiger partial charge in [0.1, 0.15) is 0 Å². The van der Waals surface area contributed by atoms with Crippen LogP contribution < -0.4 is 14.9 Å². The van der Waals surface area contributed by atoms with Gasteiger partial charge in [-0.15, -0.1) is 0 Å². The molecule has 1 atom stereocenters. The summed E-state index contributed by atoms with van der Waals surface area (Å²) in [5, 5.41) is 4.22. The Hall–Kier alpha value is -2.04. The molecule has 0 saturated heterocycles. The number of ether oxygens (including phenoxy) is 2. The van der Waals surface area contributed by atoms with E-state index in [1.807, 2.05) is 12.1 Å². The summed E-state index contributed by atoms with van der Waals surface area (Å²) in [5.74, 6) is 1.35. The van der Waals surface area contributed by atoms with Crippen molar-refractivity contribution in [3.63, 3.8) is 0 Å². The van der Waals surface area contributed by atoms with Gasteiger partial charge < -0.3 is 9.47 Å². The van der Waals surface area contributed by atoms with Gasteiger partial charge in [-0.2, -0.15) is 5.10 Å². The van der Waals surface area contributed by atoms with Gasteiger partial charge in [0.15, 0.2) is 18.1 Å². The highest BCUT2D eigenvalue weighted by atomic mass is 16.5. The Bertz CT molecular complexity index is 514. The van der Waals surface area contributed by atoms with Crippen molar-refractivity contribution in [1.82, 2.24) is 5.43 Å². The van der Waals surface area contributed by atoms with Gasteiger partial charge in [-0.1, -0.05) is 25.5 Å². The predicted octanol–water partition coefficient (Wildman–Crippen LogP) is 2.76. The van der Waals surface area contributed by atoms with Crippen LogP contribution in [-0.4, -0.2) is 25.3 Å². The third kappa shape index (κ3) is 4.48. The molecule has 1 aromatic rings. The molecule has 1 aliphatic carbocycles. The van der Waals surface area contributed by atoms with Crippen molar-refractivity contribution >= 4 is 11.6 Å². The summed E-state index contributed by atoms with van der Waals surface area (Å²) in [6.45, 7) is 2.07. The first-order chi connectivity index (χ1) is 10.2. The number of amides is 1. The van der Waals surface area contributed by atoms with E-state index in [1.165, 1.54) is 6.42 Å². The molecule has 1 amide bonds. The largest absolute Gasteiger partial charge is 0.493 e. The van der Waals surface area contributed by atoms with Gasteiger partial charge in [0, 0.05) is 5.71 Å². The standard InChI is InChI=1S/C16H22N2O3/c1-12-7-3-4-8-13(12)17-18-16(19)11-21-15-10-6-5-9-14(15)20-2/h5-6,9-10,12H,3-4,7-8,11H2,1-2H3,(H,18,19)/b17-13-/t12-/m0/s1. The Morgan fingerprint density at radius 3 is 2.81 bits per heavy atom. The van der Waals surface area contributed by atoms with Crippen LogP contribution in [0.5, 0.6) is 11.5 Å². The quantitative estimate of drug-likeness (QED) is 0.848. The van der Waals surface area contributed by atoms with Crippen LogP contribution in [0.15, 0.2) is 29.4 Å². The number of nitrogens with one attached hydrogen (secondary N) is 1. The molecule has 21 heavy (non-hydrogen) atoms. The number of methoxy groups -OCH3 is 1. The summed E-state index contributed by atoms with van der Waals surface area (Å²) in [6.07, 6.45) is 4.50. The molecule has 1 N–H and O–H groups in total. The maximum Gasteiger partial charge on any atom is 0.277 e. The van der Waals surface area contributed by atoms with Crippen LogP contribution in [0.1, 0.15) is 32.6 Å². The van der Waals surface area contributed by atoms with E-state index in [2.05, 4.69) is 17.5 Å². The minimum atomic E-state index is -0.258. The Labute approximate surface area is 125 Å². The molecule has 2 rings (SSSR count). The molecule has 114 valence electrons. The van der Waals surface area contributed by atoms with Crippen molar-refractivity contribution in [1.29, 1.82) is 0 Å². The van der Waals surface area contributed by atoms with E-state index in [0.717, 1.165) is 25.0 Å². The maximum absolute atomic E-state index is 11.8. The van der Waals surface area contributed by atoms with E-state index < -0.39 is 0 Å². The van der Waals surface area contributed by atoms with Crippen LogP contribution in [-0.2, 0) is 4.79 Å². The van der Waals surface area contributed by atoms with Crippen molar-refractivity contribution in [2.24, 2.45) is 11.0 Å². The molecule has 0 heterocycles. The van der Waals surface area contributed by atoms with Crippen LogP contribution >= 0.6 is 0 Å². The third-order valence-electron chi connectivity index (χ3n) is 3.64. The molecule has 1 saturated carbocycles. The second-order valence-electron chi connectivity index (χ2n) is 5.22. The van der Waals surface area contributed by atoms with Gasteiger partial charge in [-0.3, -0.25) is 4.79 Å². The number of hydrogen-bond donors (Lipinski definition) is 1. The lowest BCUT2D eigenvalue weighted by molar-refractivity contribution is -0.123. The summed E-state index contributed by atoms with van der Waals surface area (Å²) in [5.41, 5.74) is 3.65. The lowest BCUT2D eigenvalue weighted by Crippen LogP contribution is -2.28. The number of hydrogen-bond acceptors (Lipinski definition) is 4. The second kappa shape index (κ2) is 7.67. The molecule has 0 spiro atoms. The monoisotopic (exact) mass is 290 g/mol. The van der Waals surface area contributed by atoms with Crippen molar-refractivity contribution < 1.29 is 14.3 Å². The van der Waals surface area contributed by atoms with Crippen molar-refractivity contribution in [2.75, 3.05) is 13.7 Å². The molecule has 0 aliphatic heterocycles. The van der Waals surface area contributed by atoms with Crippen LogP contribution in [0.2, 0.25) is 0 Å². The lowest BCUT2D eigenvalue weighted by Gasteiger charge is -2.19. The van der Waals surface area contributed by atoms with Gasteiger partial charge >= 0.3 is 0 Å². The molecule has 5 nitrogen and oxygen atoms in total. The summed E-state index contributed by atoms with van der Waals surface area (Å²) in [7, 11) is 1.57. The number of nitrogens with zero attached hydrogens (tertiary/aromatic N) is 1. The van der Waals surface area contributed by atoms with Crippen LogP contribution in [0.25, 0.3) is 0 Å². The fraction of sp³-hybridized carbons (Fsp3) is 0.500. The molecular weight excluding hydrogens is 268 g/mol. The first kappa shape index (κ1) is 15.4. The fourth-order valence-electron chi connectivity index (χ4n) is 2.38. The zero-order valence-corrected chi connectivity index (χ0v) is 12.6. The summed E-state index contributed by atoms with van der Waals surface area (Å²) in [4.78, 5) is 11.8. The average Bonchev–Trinajstić information content (AvgIpc) is 2.52. The Morgan fingerprint density at radius 1 is 1.33 bits per heavy atom. The van der Waals surface area contributed by atoms with Gasteiger partial charge in [0.05, 0.1) is 7.11 Å². The summed E-state index contributed by atoms with van der Waals surface area (Å²) in [6, 6.07) is 7.24. The zero-order chi connectivity index (χ0) is 15.1. The molecule has 0 radical (unpaired) electrons. The van der Waals surface area contributed by atoms with Gasteiger partial charge in [0.25, 0.3) is 5.91 Å². The molecule has 5 heteroatoms. The van der Waals surface area contributed by atoms with E-state index >= 15 is 0 Å². The number of carbonyl (C=O) groups is 1. The normalized spacial score (nSPS) is 20.1. The molecule has 1 aromatic carbocycles. The smallest absolute Gasteiger partial charge is 0.277 e. The van der Waals surface area contributed by atoms with Crippen LogP contribution in [0, 0.1) is 5.92 Å². The van der Waals surface area contributed by atoms with Crippen molar-refractivity contribution in [3.05, 3.63) is 24.3 Å². The van der Waals surface area contributed by atoms with E-state index in [0.29, 0.717) is 17.4 Å². The summed E-state index contributed by atoms with van der Waals surface area (Å²) >= 11 is 0. The number of rotatable bonds is 5. The van der Waals surface area contributed by atoms with E-state index in [1.54, 1.807) is 19.2 Å². The Kier molecular flexibility index (Phi) is 5.60. The molecule has 0 bridgehead atoms. The molecule has 1 aliphatic rings. The third-order valence-corrected chi connectivity index (χ3v) is 3.64. The zero-order valence-electron chi connectivity index (χ0n) is 12.6. The molecule has 0 unspecified atom stereocenters. The first-order valence-corrected chi connectivity index (χ1v) is 7.32. The number of hydrazone groups is 1. The predicted molar refractivity (Wildman–Crippen MR) is 81.7 cm³/mol. The lowest BCUT2D eigenvalue weighted by atomic mass is 9.89. The molecule has 1 fully saturated rings. The molecule has 0 aromatic heterocycles. The van der Waals surface area contributed by atoms with Gasteiger partial charge in [-0.05, 0) is 37.3 Å². The summed E-state index contributed by atoms with van der Waals surface area (Å²) < 4.78 is 10.6. The first-order valence-electron chi connectivity index (χ1n) is 7.32. The van der Waals surface area contributed by atoms with Gasteiger partial charge in [-0.25, -0.2) is 5.43 Å². The highest BCUT2D eigenvalue weighted by Gasteiger charge is 2.16. The molecular formula is C16H22N2O3. The number of para-hydroxylation sites is 2. The van der Waals surface area contributed by atoms with Crippen molar-refractivity contribution in [3.8, 4) is 11.5 Å². The fourth-order valence-corrected chi connectivity index (χ4v) is 2.38. The van der Waals surface area contributed by atoms with Crippen molar-refractivity contribution in [2.45, 2.75) is 32.6 Å². The maximum atomic E-state index is 11.8. The van der Waals surface area contributed by atoms with E-state index in [-0.39, 0.29) is 12.5 Å². The second-order valence-corrected chi connectivity index (χ2v) is 5.22.